The molecule has 26 heavy (non-hydrogen) atoms. The second-order valence-corrected chi connectivity index (χ2v) is 7.16. The lowest BCUT2D eigenvalue weighted by atomic mass is 10.1. The van der Waals surface area contributed by atoms with Gasteiger partial charge in [0.05, 0.1) is 0 Å². The zero-order valence-corrected chi connectivity index (χ0v) is 15.5. The molecular weight excluding hydrogens is 353 g/mol. The molecule has 0 aromatic heterocycles. The zero-order chi connectivity index (χ0) is 18.5. The number of amides is 2. The number of anilines is 1. The molecule has 4 nitrogen and oxygen atoms in total. The van der Waals surface area contributed by atoms with Gasteiger partial charge in [-0.3, -0.25) is 0 Å². The second kappa shape index (κ2) is 8.41. The van der Waals surface area contributed by atoms with E-state index in [4.69, 9.17) is 11.6 Å². The van der Waals surface area contributed by atoms with E-state index in [1.54, 1.807) is 12.1 Å². The third-order valence-electron chi connectivity index (χ3n) is 4.72. The van der Waals surface area contributed by atoms with Crippen LogP contribution >= 0.6 is 11.6 Å². The predicted octanol–water partition coefficient (Wildman–Crippen LogP) is 4.11. The van der Waals surface area contributed by atoms with Crippen molar-refractivity contribution in [2.24, 2.45) is 5.92 Å². The van der Waals surface area contributed by atoms with E-state index >= 15 is 0 Å². The molecule has 6 heteroatoms. The molecule has 1 aliphatic rings. The van der Waals surface area contributed by atoms with Crippen molar-refractivity contribution in [2.45, 2.75) is 19.9 Å². The van der Waals surface area contributed by atoms with Gasteiger partial charge in [0.1, 0.15) is 5.82 Å². The van der Waals surface area contributed by atoms with Crippen molar-refractivity contribution in [3.05, 3.63) is 64.4 Å². The summed E-state index contributed by atoms with van der Waals surface area (Å²) in [5.74, 6) is 0.129. The Morgan fingerprint density at radius 1 is 1.23 bits per heavy atom. The fraction of sp³-hybridized carbons (Fsp3) is 0.350. The number of benzene rings is 2. The summed E-state index contributed by atoms with van der Waals surface area (Å²) in [5, 5.41) is 6.47. The summed E-state index contributed by atoms with van der Waals surface area (Å²) in [7, 11) is 0. The Kier molecular flexibility index (Phi) is 5.99. The molecule has 2 N–H and O–H groups in total. The normalized spacial score (nSPS) is 16.6. The van der Waals surface area contributed by atoms with Crippen LogP contribution < -0.4 is 15.5 Å². The van der Waals surface area contributed by atoms with Crippen LogP contribution in [0.2, 0.25) is 5.02 Å². The quantitative estimate of drug-likeness (QED) is 0.825. The molecule has 2 aromatic rings. The molecule has 1 saturated heterocycles. The Hall–Kier alpha value is -2.27. The molecule has 2 amide bonds. The minimum absolute atomic E-state index is 0.202. The molecule has 1 heterocycles. The van der Waals surface area contributed by atoms with Crippen LogP contribution in [0.4, 0.5) is 14.9 Å². The number of nitrogens with one attached hydrogen (secondary N) is 2. The van der Waals surface area contributed by atoms with Crippen molar-refractivity contribution < 1.29 is 9.18 Å². The Morgan fingerprint density at radius 3 is 2.77 bits per heavy atom. The van der Waals surface area contributed by atoms with Gasteiger partial charge in [-0.05, 0) is 54.7 Å². The van der Waals surface area contributed by atoms with E-state index in [1.807, 2.05) is 18.2 Å². The van der Waals surface area contributed by atoms with Crippen LogP contribution in [0, 0.1) is 18.7 Å². The number of rotatable bonds is 5. The lowest BCUT2D eigenvalue weighted by molar-refractivity contribution is 0.239. The first-order chi connectivity index (χ1) is 12.5. The summed E-state index contributed by atoms with van der Waals surface area (Å²) in [4.78, 5) is 14.3. The second-order valence-electron chi connectivity index (χ2n) is 6.72. The van der Waals surface area contributed by atoms with Gasteiger partial charge in [-0.25, -0.2) is 9.18 Å². The molecule has 1 atom stereocenters. The smallest absolute Gasteiger partial charge is 0.315 e. The van der Waals surface area contributed by atoms with E-state index in [0.717, 1.165) is 30.1 Å². The number of halogens is 2. The van der Waals surface area contributed by atoms with Gasteiger partial charge in [0.25, 0.3) is 0 Å². The molecule has 0 saturated carbocycles. The van der Waals surface area contributed by atoms with Gasteiger partial charge in [-0.1, -0.05) is 29.8 Å². The number of urea groups is 1. The summed E-state index contributed by atoms with van der Waals surface area (Å²) in [6, 6.07) is 11.8. The maximum absolute atomic E-state index is 12.9. The summed E-state index contributed by atoms with van der Waals surface area (Å²) < 4.78 is 12.9. The Labute approximate surface area is 158 Å². The van der Waals surface area contributed by atoms with Gasteiger partial charge in [-0.15, -0.1) is 0 Å². The third-order valence-corrected chi connectivity index (χ3v) is 4.95. The molecule has 1 fully saturated rings. The summed E-state index contributed by atoms with van der Waals surface area (Å²) in [6.07, 6.45) is 1.03. The zero-order valence-electron chi connectivity index (χ0n) is 14.8. The summed E-state index contributed by atoms with van der Waals surface area (Å²) in [6.45, 7) is 4.96. The van der Waals surface area contributed by atoms with Gasteiger partial charge >= 0.3 is 6.03 Å². The molecule has 138 valence electrons. The molecule has 0 unspecified atom stereocenters. The SMILES string of the molecule is Cc1ccc(Cl)cc1N1CC[C@@H](CNC(=O)NCc2ccc(F)cc2)C1. The van der Waals surface area contributed by atoms with Gasteiger partial charge in [0.15, 0.2) is 0 Å². The molecule has 0 radical (unpaired) electrons. The molecule has 0 aliphatic carbocycles. The van der Waals surface area contributed by atoms with E-state index < -0.39 is 0 Å². The summed E-state index contributed by atoms with van der Waals surface area (Å²) >= 11 is 6.12. The minimum atomic E-state index is -0.279. The van der Waals surface area contributed by atoms with Gasteiger partial charge in [0.2, 0.25) is 0 Å². The highest BCUT2D eigenvalue weighted by Crippen LogP contribution is 2.29. The first kappa shape index (κ1) is 18.5. The number of carbonyl (C=O) groups is 1. The van der Waals surface area contributed by atoms with Crippen molar-refractivity contribution >= 4 is 23.3 Å². The number of carbonyl (C=O) groups excluding carboxylic acids is 1. The van der Waals surface area contributed by atoms with Crippen molar-refractivity contribution in [1.82, 2.24) is 10.6 Å². The molecule has 1 aliphatic heterocycles. The van der Waals surface area contributed by atoms with Crippen LogP contribution in [0.5, 0.6) is 0 Å². The standard InChI is InChI=1S/C20H23ClFN3O/c1-14-2-5-17(21)10-19(14)25-9-8-16(13-25)12-24-20(26)23-11-15-3-6-18(22)7-4-15/h2-7,10,16H,8-9,11-13H2,1H3,(H2,23,24,26)/t16-/m0/s1. The van der Waals surface area contributed by atoms with Crippen molar-refractivity contribution in [2.75, 3.05) is 24.5 Å². The van der Waals surface area contributed by atoms with Crippen molar-refractivity contribution in [3.8, 4) is 0 Å². The average Bonchev–Trinajstić information content (AvgIpc) is 3.10. The highest BCUT2D eigenvalue weighted by Gasteiger charge is 2.24. The largest absolute Gasteiger partial charge is 0.371 e. The van der Waals surface area contributed by atoms with Crippen LogP contribution in [0.15, 0.2) is 42.5 Å². The third kappa shape index (κ3) is 4.88. The first-order valence-corrected chi connectivity index (χ1v) is 9.16. The molecule has 3 rings (SSSR count). The van der Waals surface area contributed by atoms with Gasteiger partial charge in [0, 0.05) is 36.9 Å². The highest BCUT2D eigenvalue weighted by molar-refractivity contribution is 6.30. The maximum Gasteiger partial charge on any atom is 0.315 e. The predicted molar refractivity (Wildman–Crippen MR) is 103 cm³/mol. The highest BCUT2D eigenvalue weighted by atomic mass is 35.5. The summed E-state index contributed by atoms with van der Waals surface area (Å²) in [5.41, 5.74) is 3.24. The van der Waals surface area contributed by atoms with E-state index in [2.05, 4.69) is 22.5 Å². The van der Waals surface area contributed by atoms with Crippen LogP contribution in [-0.4, -0.2) is 25.7 Å². The van der Waals surface area contributed by atoms with Gasteiger partial charge in [-0.2, -0.15) is 0 Å². The lowest BCUT2D eigenvalue weighted by Gasteiger charge is -2.21. The van der Waals surface area contributed by atoms with Crippen LogP contribution in [-0.2, 0) is 6.54 Å². The Balaban J connectivity index is 1.43. The van der Waals surface area contributed by atoms with E-state index in [1.165, 1.54) is 23.4 Å². The topological polar surface area (TPSA) is 44.4 Å². The average molecular weight is 376 g/mol. The lowest BCUT2D eigenvalue weighted by Crippen LogP contribution is -2.38. The first-order valence-electron chi connectivity index (χ1n) is 8.78. The van der Waals surface area contributed by atoms with Crippen LogP contribution in [0.1, 0.15) is 17.5 Å². The van der Waals surface area contributed by atoms with Gasteiger partial charge < -0.3 is 15.5 Å². The monoisotopic (exact) mass is 375 g/mol. The maximum atomic E-state index is 12.9. The van der Waals surface area contributed by atoms with E-state index in [0.29, 0.717) is 19.0 Å². The molecule has 2 aromatic carbocycles. The minimum Gasteiger partial charge on any atom is -0.371 e. The van der Waals surface area contributed by atoms with Crippen molar-refractivity contribution in [1.29, 1.82) is 0 Å². The number of hydrogen-bond donors (Lipinski definition) is 2. The van der Waals surface area contributed by atoms with Crippen LogP contribution in [0.25, 0.3) is 0 Å². The number of aryl methyl sites for hydroxylation is 1. The number of nitrogens with zero attached hydrogens (tertiary/aromatic N) is 1. The van der Waals surface area contributed by atoms with E-state index in [9.17, 15) is 9.18 Å². The molecule has 0 bridgehead atoms. The number of hydrogen-bond acceptors (Lipinski definition) is 2. The fourth-order valence-corrected chi connectivity index (χ4v) is 3.39. The fourth-order valence-electron chi connectivity index (χ4n) is 3.23. The van der Waals surface area contributed by atoms with Crippen molar-refractivity contribution in [3.63, 3.8) is 0 Å². The van der Waals surface area contributed by atoms with E-state index in [-0.39, 0.29) is 11.8 Å². The Morgan fingerprint density at radius 2 is 2.00 bits per heavy atom. The Bertz CT molecular complexity index is 766. The molecular formula is C20H23ClFN3O. The van der Waals surface area contributed by atoms with Crippen LogP contribution in [0.3, 0.4) is 0 Å². The molecule has 0 spiro atoms.